The molecule has 2 aromatic carbocycles. The van der Waals surface area contributed by atoms with E-state index >= 15 is 0 Å². The Hall–Kier alpha value is -3.75. The zero-order valence-electron chi connectivity index (χ0n) is 24.4. The molecule has 3 fully saturated rings. The fourth-order valence-electron chi connectivity index (χ4n) is 7.30. The first-order valence-electron chi connectivity index (χ1n) is 14.7. The number of allylic oxidation sites excluding steroid dienone is 1. The summed E-state index contributed by atoms with van der Waals surface area (Å²) in [6.07, 6.45) is 5.24. The van der Waals surface area contributed by atoms with E-state index in [1.54, 1.807) is 17.1 Å². The molecule has 0 saturated carbocycles. The highest BCUT2D eigenvalue weighted by molar-refractivity contribution is 6.05. The van der Waals surface area contributed by atoms with Gasteiger partial charge in [-0.1, -0.05) is 60.7 Å². The van der Waals surface area contributed by atoms with E-state index in [4.69, 9.17) is 9.47 Å². The van der Waals surface area contributed by atoms with Gasteiger partial charge in [-0.2, -0.15) is 0 Å². The quantitative estimate of drug-likeness (QED) is 0.230. The molecule has 1 N–H and O–H groups in total. The maximum Gasteiger partial charge on any atom is 0.312 e. The number of aliphatic hydroxyl groups excluding tert-OH is 1. The lowest BCUT2D eigenvalue weighted by atomic mass is 9.70. The number of likely N-dealkylation sites (tertiary alicyclic amines) is 1. The Morgan fingerprint density at radius 1 is 1.14 bits per heavy atom. The summed E-state index contributed by atoms with van der Waals surface area (Å²) in [5.41, 5.74) is 2.05. The van der Waals surface area contributed by atoms with Crippen LogP contribution in [0.2, 0.25) is 0 Å². The molecule has 8 heteroatoms. The van der Waals surface area contributed by atoms with Crippen molar-refractivity contribution in [2.24, 2.45) is 11.8 Å². The van der Waals surface area contributed by atoms with Crippen molar-refractivity contribution in [2.45, 2.75) is 63.3 Å². The Bertz CT molecular complexity index is 1340. The number of anilines is 1. The van der Waals surface area contributed by atoms with E-state index < -0.39 is 48.2 Å². The summed E-state index contributed by atoms with van der Waals surface area (Å²) < 4.78 is 12.2. The molecule has 0 aliphatic carbocycles. The molecule has 0 aromatic heterocycles. The number of benzene rings is 2. The van der Waals surface area contributed by atoms with Crippen molar-refractivity contribution in [3.05, 3.63) is 90.5 Å². The number of rotatable bonds is 12. The molecule has 1 spiro atoms. The Labute approximate surface area is 247 Å². The number of aryl methyl sites for hydroxylation is 2. The second-order valence-corrected chi connectivity index (χ2v) is 11.5. The number of nitrogens with zero attached hydrogens (tertiary/aromatic N) is 2. The number of para-hydroxylation sites is 1. The van der Waals surface area contributed by atoms with Crippen LogP contribution in [0.4, 0.5) is 5.69 Å². The Morgan fingerprint density at radius 3 is 2.50 bits per heavy atom. The largest absolute Gasteiger partial charge is 0.465 e. The molecular formula is C34H40N2O6. The van der Waals surface area contributed by atoms with Crippen molar-refractivity contribution < 1.29 is 29.0 Å². The molecule has 3 heterocycles. The van der Waals surface area contributed by atoms with Gasteiger partial charge in [-0.05, 0) is 56.2 Å². The molecule has 222 valence electrons. The number of aliphatic hydroxyl groups is 1. The molecule has 6 atom stereocenters. The van der Waals surface area contributed by atoms with Crippen LogP contribution in [-0.4, -0.2) is 65.3 Å². The van der Waals surface area contributed by atoms with Crippen molar-refractivity contribution in [2.75, 3.05) is 24.7 Å². The predicted molar refractivity (Wildman–Crippen MR) is 160 cm³/mol. The van der Waals surface area contributed by atoms with Crippen molar-refractivity contribution in [3.8, 4) is 0 Å². The van der Waals surface area contributed by atoms with Gasteiger partial charge in [0.25, 0.3) is 5.91 Å². The maximum atomic E-state index is 14.9. The molecule has 2 aromatic rings. The molecule has 2 amide bonds. The van der Waals surface area contributed by atoms with Gasteiger partial charge in [-0.3, -0.25) is 14.4 Å². The monoisotopic (exact) mass is 572 g/mol. The zero-order valence-corrected chi connectivity index (χ0v) is 24.4. The van der Waals surface area contributed by atoms with E-state index in [1.165, 1.54) is 4.90 Å². The number of carbonyl (C=O) groups is 3. The molecule has 3 saturated heterocycles. The predicted octanol–water partition coefficient (Wildman–Crippen LogP) is 4.44. The van der Waals surface area contributed by atoms with Gasteiger partial charge in [0.05, 0.1) is 37.2 Å². The molecule has 42 heavy (non-hydrogen) atoms. The highest BCUT2D eigenvalue weighted by atomic mass is 16.6. The van der Waals surface area contributed by atoms with Crippen LogP contribution in [0, 0.1) is 25.7 Å². The van der Waals surface area contributed by atoms with Crippen molar-refractivity contribution in [1.82, 2.24) is 4.90 Å². The van der Waals surface area contributed by atoms with Gasteiger partial charge in [0, 0.05) is 12.2 Å². The van der Waals surface area contributed by atoms with E-state index in [-0.39, 0.29) is 25.0 Å². The number of unbranched alkanes of at least 4 members (excludes halogenated alkanes) is 1. The normalized spacial score (nSPS) is 26.5. The van der Waals surface area contributed by atoms with E-state index in [2.05, 4.69) is 13.2 Å². The summed E-state index contributed by atoms with van der Waals surface area (Å²) in [4.78, 5) is 46.0. The third kappa shape index (κ3) is 4.86. The number of esters is 1. The summed E-state index contributed by atoms with van der Waals surface area (Å²) in [5, 5.41) is 10.7. The maximum absolute atomic E-state index is 14.9. The van der Waals surface area contributed by atoms with Crippen LogP contribution in [0.5, 0.6) is 0 Å². The number of carbonyl (C=O) groups excluding carboxylic acids is 3. The fraction of sp³-hybridized carbons (Fsp3) is 0.441. The SMILES string of the molecule is C=CCCCOC(=O)[C@@H]1[C@@H]2CCC3(O2)C(C(=O)N(CC=C)c2c(C)cccc2C)N([C@H](CO)c2ccccc2)C(=O)[C@H]13. The topological polar surface area (TPSA) is 96.4 Å². The lowest BCUT2D eigenvalue weighted by Crippen LogP contribution is -2.57. The van der Waals surface area contributed by atoms with Gasteiger partial charge >= 0.3 is 5.97 Å². The van der Waals surface area contributed by atoms with E-state index in [0.717, 1.165) is 16.8 Å². The van der Waals surface area contributed by atoms with Gasteiger partial charge in [0.15, 0.2) is 0 Å². The van der Waals surface area contributed by atoms with Crippen LogP contribution in [0.25, 0.3) is 0 Å². The van der Waals surface area contributed by atoms with Crippen LogP contribution in [-0.2, 0) is 23.9 Å². The molecular weight excluding hydrogens is 532 g/mol. The molecule has 2 bridgehead atoms. The smallest absolute Gasteiger partial charge is 0.312 e. The Kier molecular flexibility index (Phi) is 8.66. The fourth-order valence-corrected chi connectivity index (χ4v) is 7.30. The highest BCUT2D eigenvalue weighted by Crippen LogP contribution is 2.60. The first-order valence-corrected chi connectivity index (χ1v) is 14.7. The standard InChI is InChI=1S/C34H40N2O6/c1-5-7-11-20-41-33(40)27-26-17-18-34(42-26)28(27)31(38)36(25(21-37)24-15-9-8-10-16-24)30(34)32(39)35(19-6-2)29-22(3)13-12-14-23(29)4/h5-6,8-10,12-16,25-28,30,37H,1-2,7,11,17-21H2,3-4H3/t25-,26+,27-,28+,30?,34?/m1/s1. The van der Waals surface area contributed by atoms with E-state index in [9.17, 15) is 19.5 Å². The van der Waals surface area contributed by atoms with Crippen LogP contribution in [0.15, 0.2) is 73.8 Å². The van der Waals surface area contributed by atoms with Crippen LogP contribution in [0.1, 0.15) is 48.4 Å². The summed E-state index contributed by atoms with van der Waals surface area (Å²) in [7, 11) is 0. The van der Waals surface area contributed by atoms with Crippen LogP contribution < -0.4 is 4.90 Å². The van der Waals surface area contributed by atoms with Gasteiger partial charge < -0.3 is 24.4 Å². The molecule has 5 rings (SSSR count). The van der Waals surface area contributed by atoms with Crippen molar-refractivity contribution in [1.29, 1.82) is 0 Å². The Morgan fingerprint density at radius 2 is 1.86 bits per heavy atom. The number of ether oxygens (including phenoxy) is 2. The number of hydrogen-bond acceptors (Lipinski definition) is 6. The number of hydrogen-bond donors (Lipinski definition) is 1. The number of fused-ring (bicyclic) bond motifs is 1. The molecule has 2 unspecified atom stereocenters. The molecule has 3 aliphatic rings. The zero-order chi connectivity index (χ0) is 30.0. The van der Waals surface area contributed by atoms with Crippen molar-refractivity contribution in [3.63, 3.8) is 0 Å². The van der Waals surface area contributed by atoms with E-state index in [1.807, 2.05) is 62.4 Å². The second-order valence-electron chi connectivity index (χ2n) is 11.5. The minimum absolute atomic E-state index is 0.219. The molecule has 3 aliphatic heterocycles. The van der Waals surface area contributed by atoms with Crippen LogP contribution >= 0.6 is 0 Å². The lowest BCUT2D eigenvalue weighted by Gasteiger charge is -2.40. The minimum atomic E-state index is -1.22. The number of amides is 2. The summed E-state index contributed by atoms with van der Waals surface area (Å²) >= 11 is 0. The first-order chi connectivity index (χ1) is 20.3. The van der Waals surface area contributed by atoms with Gasteiger partial charge in [-0.15, -0.1) is 13.2 Å². The highest BCUT2D eigenvalue weighted by Gasteiger charge is 2.75. The average Bonchev–Trinajstić information content (AvgIpc) is 3.63. The molecule has 8 nitrogen and oxygen atoms in total. The van der Waals surface area contributed by atoms with Crippen LogP contribution in [0.3, 0.4) is 0 Å². The second kappa shape index (κ2) is 12.2. The third-order valence-corrected chi connectivity index (χ3v) is 9.02. The minimum Gasteiger partial charge on any atom is -0.465 e. The van der Waals surface area contributed by atoms with Gasteiger partial charge in [0.1, 0.15) is 11.6 Å². The third-order valence-electron chi connectivity index (χ3n) is 9.02. The first kappa shape index (κ1) is 29.7. The summed E-state index contributed by atoms with van der Waals surface area (Å²) in [6.45, 7) is 11.5. The van der Waals surface area contributed by atoms with E-state index in [0.29, 0.717) is 31.2 Å². The van der Waals surface area contributed by atoms with Gasteiger partial charge in [-0.25, -0.2) is 0 Å². The summed E-state index contributed by atoms with van der Waals surface area (Å²) in [6, 6.07) is 13.2. The average molecular weight is 573 g/mol. The Balaban J connectivity index is 1.61. The lowest BCUT2D eigenvalue weighted by molar-refractivity contribution is -0.156. The molecule has 0 radical (unpaired) electrons. The van der Waals surface area contributed by atoms with Crippen molar-refractivity contribution >= 4 is 23.5 Å². The summed E-state index contributed by atoms with van der Waals surface area (Å²) in [5.74, 6) is -2.88. The van der Waals surface area contributed by atoms with Gasteiger partial charge in [0.2, 0.25) is 5.91 Å².